The molecule has 0 atom stereocenters. The molecule has 4 nitrogen and oxygen atoms in total. The summed E-state index contributed by atoms with van der Waals surface area (Å²) in [6, 6.07) is 10.4. The highest BCUT2D eigenvalue weighted by molar-refractivity contribution is 7.80. The van der Waals surface area contributed by atoms with Crippen molar-refractivity contribution in [3.8, 4) is 5.69 Å². The fourth-order valence-electron chi connectivity index (χ4n) is 3.53. The molecule has 1 heterocycles. The average Bonchev–Trinajstić information content (AvgIpc) is 2.90. The van der Waals surface area contributed by atoms with Crippen LogP contribution in [0.25, 0.3) is 5.69 Å². The minimum absolute atomic E-state index is 0.480. The molecule has 3 rings (SSSR count). The van der Waals surface area contributed by atoms with Gasteiger partial charge in [-0.25, -0.2) is 0 Å². The molecule has 2 N–H and O–H groups in total. The molecule has 0 spiro atoms. The molecule has 0 radical (unpaired) electrons. The largest absolute Gasteiger partial charge is 0.359 e. The van der Waals surface area contributed by atoms with Crippen molar-refractivity contribution in [2.45, 2.75) is 52.0 Å². The molecule has 0 aliphatic heterocycles. The highest BCUT2D eigenvalue weighted by atomic mass is 35.5. The van der Waals surface area contributed by atoms with Gasteiger partial charge in [0, 0.05) is 33.7 Å². The lowest BCUT2D eigenvalue weighted by atomic mass is 9.96. The van der Waals surface area contributed by atoms with Crippen LogP contribution in [0, 0.1) is 13.8 Å². The van der Waals surface area contributed by atoms with Gasteiger partial charge in [-0.1, -0.05) is 30.9 Å². The van der Waals surface area contributed by atoms with Gasteiger partial charge >= 0.3 is 0 Å². The Morgan fingerprint density at radius 2 is 1.88 bits per heavy atom. The number of nitrogens with one attached hydrogen (secondary N) is 2. The zero-order valence-electron chi connectivity index (χ0n) is 15.3. The average molecular weight is 389 g/mol. The van der Waals surface area contributed by atoms with Gasteiger partial charge in [0.25, 0.3) is 0 Å². The highest BCUT2D eigenvalue weighted by Crippen LogP contribution is 2.21. The van der Waals surface area contributed by atoms with E-state index in [4.69, 9.17) is 23.8 Å². The van der Waals surface area contributed by atoms with Gasteiger partial charge in [-0.3, -0.25) is 5.43 Å². The van der Waals surface area contributed by atoms with Crippen LogP contribution in [0.2, 0.25) is 5.02 Å². The van der Waals surface area contributed by atoms with Crippen molar-refractivity contribution in [2.24, 2.45) is 5.10 Å². The second kappa shape index (κ2) is 8.69. The lowest BCUT2D eigenvalue weighted by molar-refractivity contribution is 0.412. The normalized spacial score (nSPS) is 15.3. The Labute approximate surface area is 165 Å². The molecule has 26 heavy (non-hydrogen) atoms. The highest BCUT2D eigenvalue weighted by Gasteiger charge is 2.13. The number of aryl methyl sites for hydroxylation is 1. The summed E-state index contributed by atoms with van der Waals surface area (Å²) in [6.45, 7) is 4.17. The minimum Gasteiger partial charge on any atom is -0.359 e. The smallest absolute Gasteiger partial charge is 0.187 e. The lowest BCUT2D eigenvalue weighted by Gasteiger charge is -2.23. The number of thiocarbonyl (C=S) groups is 1. The van der Waals surface area contributed by atoms with Crippen LogP contribution >= 0.6 is 23.8 Å². The Hall–Kier alpha value is -1.85. The molecule has 1 aromatic heterocycles. The van der Waals surface area contributed by atoms with Crippen molar-refractivity contribution in [2.75, 3.05) is 0 Å². The van der Waals surface area contributed by atoms with Gasteiger partial charge in [0.2, 0.25) is 0 Å². The maximum absolute atomic E-state index is 6.00. The molecular formula is C20H25ClN4S. The molecule has 1 fully saturated rings. The number of nitrogens with zero attached hydrogens (tertiary/aromatic N) is 2. The molecule has 0 saturated heterocycles. The molecule has 2 aromatic rings. The molecule has 0 bridgehead atoms. The number of aromatic nitrogens is 1. The van der Waals surface area contributed by atoms with Crippen molar-refractivity contribution in [3.63, 3.8) is 0 Å². The van der Waals surface area contributed by atoms with E-state index in [-0.39, 0.29) is 0 Å². The Morgan fingerprint density at radius 3 is 2.58 bits per heavy atom. The number of hydrogen-bond donors (Lipinski definition) is 2. The number of halogens is 1. The topological polar surface area (TPSA) is 41.4 Å². The van der Waals surface area contributed by atoms with Gasteiger partial charge in [0.15, 0.2) is 5.11 Å². The quantitative estimate of drug-likeness (QED) is 0.445. The van der Waals surface area contributed by atoms with Crippen LogP contribution in [0.5, 0.6) is 0 Å². The first kappa shape index (κ1) is 18.9. The molecule has 1 saturated carbocycles. The second-order valence-electron chi connectivity index (χ2n) is 6.82. The third-order valence-electron chi connectivity index (χ3n) is 4.87. The lowest BCUT2D eigenvalue weighted by Crippen LogP contribution is -2.40. The number of hydrogen-bond acceptors (Lipinski definition) is 2. The predicted molar refractivity (Wildman–Crippen MR) is 114 cm³/mol. The van der Waals surface area contributed by atoms with Crippen molar-refractivity contribution in [3.05, 3.63) is 52.3 Å². The molecule has 1 aliphatic rings. The van der Waals surface area contributed by atoms with Gasteiger partial charge in [-0.15, -0.1) is 0 Å². The Kier molecular flexibility index (Phi) is 6.33. The molecule has 1 aromatic carbocycles. The standard InChI is InChI=1S/C20H25ClN4S/c1-14-12-16(15(2)25(14)19-10-8-17(21)9-11-19)13-22-24-20(26)23-18-6-4-3-5-7-18/h8-13,18H,3-7H2,1-2H3,(H2,23,24,26)/b22-13-. The Morgan fingerprint density at radius 1 is 1.19 bits per heavy atom. The first-order chi connectivity index (χ1) is 12.5. The van der Waals surface area contributed by atoms with E-state index < -0.39 is 0 Å². The van der Waals surface area contributed by atoms with Gasteiger partial charge in [-0.2, -0.15) is 5.10 Å². The summed E-state index contributed by atoms with van der Waals surface area (Å²) in [5.41, 5.74) is 7.37. The van der Waals surface area contributed by atoms with Crippen LogP contribution in [0.3, 0.4) is 0 Å². The fraction of sp³-hybridized carbons (Fsp3) is 0.400. The summed E-state index contributed by atoms with van der Waals surface area (Å²) in [7, 11) is 0. The van der Waals surface area contributed by atoms with Gasteiger partial charge < -0.3 is 9.88 Å². The van der Waals surface area contributed by atoms with E-state index in [1.165, 1.54) is 32.1 Å². The van der Waals surface area contributed by atoms with Crippen LogP contribution in [0.1, 0.15) is 49.1 Å². The van der Waals surface area contributed by atoms with Crippen LogP contribution in [-0.4, -0.2) is 21.9 Å². The maximum atomic E-state index is 6.00. The van der Waals surface area contributed by atoms with Crippen molar-refractivity contribution >= 4 is 35.1 Å². The molecule has 0 amide bonds. The summed E-state index contributed by atoms with van der Waals surface area (Å²) in [6.07, 6.45) is 8.09. The molecule has 138 valence electrons. The van der Waals surface area contributed by atoms with Gasteiger partial charge in [0.05, 0.1) is 6.21 Å². The number of rotatable bonds is 4. The molecule has 1 aliphatic carbocycles. The monoisotopic (exact) mass is 388 g/mol. The van der Waals surface area contributed by atoms with E-state index in [9.17, 15) is 0 Å². The van der Waals surface area contributed by atoms with E-state index in [1.54, 1.807) is 0 Å². The van der Waals surface area contributed by atoms with Crippen LogP contribution in [-0.2, 0) is 0 Å². The first-order valence-corrected chi connectivity index (χ1v) is 9.87. The number of benzene rings is 1. The van der Waals surface area contributed by atoms with Crippen molar-refractivity contribution < 1.29 is 0 Å². The SMILES string of the molecule is Cc1cc(/C=N\NC(=S)NC2CCCCC2)c(C)n1-c1ccc(Cl)cc1. The van der Waals surface area contributed by atoms with Crippen LogP contribution in [0.15, 0.2) is 35.4 Å². The Balaban J connectivity index is 1.64. The van der Waals surface area contributed by atoms with Crippen LogP contribution < -0.4 is 10.7 Å². The predicted octanol–water partition coefficient (Wildman–Crippen LogP) is 4.88. The number of hydrazone groups is 1. The summed E-state index contributed by atoms with van der Waals surface area (Å²) in [4.78, 5) is 0. The van der Waals surface area contributed by atoms with E-state index in [0.717, 1.165) is 27.7 Å². The maximum Gasteiger partial charge on any atom is 0.187 e. The van der Waals surface area contributed by atoms with E-state index in [1.807, 2.05) is 30.5 Å². The summed E-state index contributed by atoms with van der Waals surface area (Å²) < 4.78 is 2.19. The molecular weight excluding hydrogens is 364 g/mol. The summed E-state index contributed by atoms with van der Waals surface area (Å²) >= 11 is 11.3. The van der Waals surface area contributed by atoms with E-state index in [2.05, 4.69) is 40.3 Å². The third-order valence-corrected chi connectivity index (χ3v) is 5.33. The minimum atomic E-state index is 0.480. The molecule has 6 heteroatoms. The van der Waals surface area contributed by atoms with E-state index in [0.29, 0.717) is 11.2 Å². The van der Waals surface area contributed by atoms with Crippen molar-refractivity contribution in [1.82, 2.24) is 15.3 Å². The zero-order chi connectivity index (χ0) is 18.5. The fourth-order valence-corrected chi connectivity index (χ4v) is 3.88. The Bertz CT molecular complexity index is 789. The second-order valence-corrected chi connectivity index (χ2v) is 7.66. The molecule has 0 unspecified atom stereocenters. The van der Waals surface area contributed by atoms with Crippen molar-refractivity contribution in [1.29, 1.82) is 0 Å². The third kappa shape index (κ3) is 4.65. The summed E-state index contributed by atoms with van der Waals surface area (Å²) in [5, 5.41) is 9.01. The van der Waals surface area contributed by atoms with Gasteiger partial charge in [-0.05, 0) is 69.2 Å². The zero-order valence-corrected chi connectivity index (χ0v) is 16.8. The first-order valence-electron chi connectivity index (χ1n) is 9.09. The van der Waals surface area contributed by atoms with Crippen LogP contribution in [0.4, 0.5) is 0 Å². The summed E-state index contributed by atoms with van der Waals surface area (Å²) in [5.74, 6) is 0. The van der Waals surface area contributed by atoms with E-state index >= 15 is 0 Å². The van der Waals surface area contributed by atoms with Gasteiger partial charge in [0.1, 0.15) is 0 Å².